The number of hydrogen-bond acceptors (Lipinski definition) is 2. The van der Waals surface area contributed by atoms with Crippen LogP contribution in [-0.4, -0.2) is 17.7 Å². The van der Waals surface area contributed by atoms with Crippen LogP contribution in [-0.2, 0) is 0 Å². The van der Waals surface area contributed by atoms with Gasteiger partial charge in [0.15, 0.2) is 0 Å². The molecule has 1 rings (SSSR count). The first kappa shape index (κ1) is 14.6. The minimum absolute atomic E-state index is 0.270. The Balaban J connectivity index is 2.66. The van der Waals surface area contributed by atoms with Crippen molar-refractivity contribution in [2.24, 2.45) is 11.8 Å². The second kappa shape index (κ2) is 6.43. The molecule has 0 aliphatic rings. The Kier molecular flexibility index (Phi) is 5.20. The quantitative estimate of drug-likeness (QED) is 0.836. The van der Waals surface area contributed by atoms with Gasteiger partial charge >= 0.3 is 5.97 Å². The van der Waals surface area contributed by atoms with Gasteiger partial charge in [0.25, 0.3) is 0 Å². The topological polar surface area (TPSA) is 46.5 Å². The molecule has 0 saturated heterocycles. The van der Waals surface area contributed by atoms with Crippen LogP contribution in [0.1, 0.15) is 43.1 Å². The summed E-state index contributed by atoms with van der Waals surface area (Å²) in [4.78, 5) is 10.9. The number of rotatable bonds is 6. The molecule has 3 nitrogen and oxygen atoms in total. The number of benzene rings is 1. The molecule has 0 amide bonds. The van der Waals surface area contributed by atoms with Crippen LogP contribution in [0.15, 0.2) is 18.2 Å². The lowest BCUT2D eigenvalue weighted by Gasteiger charge is -2.16. The van der Waals surface area contributed by atoms with Gasteiger partial charge in [0.1, 0.15) is 5.75 Å². The van der Waals surface area contributed by atoms with Gasteiger partial charge in [-0.15, -0.1) is 0 Å². The summed E-state index contributed by atoms with van der Waals surface area (Å²) >= 11 is 0. The molecule has 0 heterocycles. The van der Waals surface area contributed by atoms with E-state index in [-0.39, 0.29) is 5.56 Å². The molecule has 0 saturated carbocycles. The van der Waals surface area contributed by atoms with E-state index in [9.17, 15) is 4.79 Å². The van der Waals surface area contributed by atoms with Gasteiger partial charge in [0.05, 0.1) is 12.2 Å². The fourth-order valence-corrected chi connectivity index (χ4v) is 1.99. The summed E-state index contributed by atoms with van der Waals surface area (Å²) in [6.07, 6.45) is 1.11. The van der Waals surface area contributed by atoms with E-state index in [4.69, 9.17) is 9.84 Å². The van der Waals surface area contributed by atoms with Crippen molar-refractivity contribution in [3.05, 3.63) is 29.3 Å². The predicted molar refractivity (Wildman–Crippen MR) is 72.3 cm³/mol. The molecule has 1 atom stereocenters. The molecule has 0 bridgehead atoms. The first-order valence-electron chi connectivity index (χ1n) is 6.37. The summed E-state index contributed by atoms with van der Waals surface area (Å²) in [7, 11) is 0. The summed E-state index contributed by atoms with van der Waals surface area (Å²) in [5, 5.41) is 8.94. The van der Waals surface area contributed by atoms with Crippen LogP contribution in [0.5, 0.6) is 5.75 Å². The van der Waals surface area contributed by atoms with Crippen LogP contribution in [0, 0.1) is 18.8 Å². The van der Waals surface area contributed by atoms with Gasteiger partial charge in [-0.2, -0.15) is 0 Å². The molecule has 1 unspecified atom stereocenters. The van der Waals surface area contributed by atoms with Crippen LogP contribution >= 0.6 is 0 Å². The third-order valence-electron chi connectivity index (χ3n) is 2.83. The van der Waals surface area contributed by atoms with Crippen LogP contribution < -0.4 is 4.74 Å². The van der Waals surface area contributed by atoms with Gasteiger partial charge in [-0.1, -0.05) is 26.8 Å². The van der Waals surface area contributed by atoms with Gasteiger partial charge < -0.3 is 9.84 Å². The number of carboxylic acid groups (broad SMARTS) is 1. The molecule has 0 spiro atoms. The first-order valence-corrected chi connectivity index (χ1v) is 6.37. The van der Waals surface area contributed by atoms with Crippen LogP contribution in [0.3, 0.4) is 0 Å². The highest BCUT2D eigenvalue weighted by Gasteiger charge is 2.10. The number of hydrogen-bond donors (Lipinski definition) is 1. The van der Waals surface area contributed by atoms with Crippen molar-refractivity contribution in [2.75, 3.05) is 6.61 Å². The summed E-state index contributed by atoms with van der Waals surface area (Å²) < 4.78 is 5.73. The van der Waals surface area contributed by atoms with Gasteiger partial charge in [0, 0.05) is 0 Å². The zero-order valence-corrected chi connectivity index (χ0v) is 11.6. The fourth-order valence-electron chi connectivity index (χ4n) is 1.99. The lowest BCUT2D eigenvalue weighted by molar-refractivity contribution is 0.0696. The molecule has 0 aromatic heterocycles. The first-order chi connectivity index (χ1) is 8.40. The molecule has 0 fully saturated rings. The Bertz CT molecular complexity index is 410. The SMILES string of the molecule is Cc1ccc(C(=O)O)cc1OCC(C)CC(C)C. The largest absolute Gasteiger partial charge is 0.493 e. The fraction of sp³-hybridized carbons (Fsp3) is 0.533. The Hall–Kier alpha value is -1.51. The van der Waals surface area contributed by atoms with E-state index in [2.05, 4.69) is 20.8 Å². The van der Waals surface area contributed by atoms with Crippen molar-refractivity contribution in [1.82, 2.24) is 0 Å². The maximum absolute atomic E-state index is 10.9. The van der Waals surface area contributed by atoms with Gasteiger partial charge in [-0.05, 0) is 42.9 Å². The van der Waals surface area contributed by atoms with Crippen LogP contribution in [0.25, 0.3) is 0 Å². The van der Waals surface area contributed by atoms with Crippen molar-refractivity contribution in [3.63, 3.8) is 0 Å². The smallest absolute Gasteiger partial charge is 0.335 e. The Morgan fingerprint density at radius 2 is 2.00 bits per heavy atom. The summed E-state index contributed by atoms with van der Waals surface area (Å²) in [6.45, 7) is 9.08. The zero-order chi connectivity index (χ0) is 13.7. The van der Waals surface area contributed by atoms with Crippen molar-refractivity contribution in [2.45, 2.75) is 34.1 Å². The molecular formula is C15H22O3. The van der Waals surface area contributed by atoms with E-state index < -0.39 is 5.97 Å². The summed E-state index contributed by atoms with van der Waals surface area (Å²) in [6, 6.07) is 4.98. The molecule has 0 radical (unpaired) electrons. The predicted octanol–water partition coefficient (Wildman–Crippen LogP) is 3.75. The number of aromatic carboxylic acids is 1. The third kappa shape index (κ3) is 4.40. The monoisotopic (exact) mass is 250 g/mol. The molecule has 18 heavy (non-hydrogen) atoms. The number of carboxylic acids is 1. The normalized spacial score (nSPS) is 12.5. The van der Waals surface area contributed by atoms with Crippen molar-refractivity contribution >= 4 is 5.97 Å². The number of ether oxygens (including phenoxy) is 1. The molecular weight excluding hydrogens is 228 g/mol. The minimum atomic E-state index is -0.921. The Morgan fingerprint density at radius 1 is 1.33 bits per heavy atom. The molecule has 0 aliphatic carbocycles. The molecule has 1 N–H and O–H groups in total. The summed E-state index contributed by atoms with van der Waals surface area (Å²) in [5.74, 6) is 0.869. The highest BCUT2D eigenvalue weighted by atomic mass is 16.5. The van der Waals surface area contributed by atoms with Crippen molar-refractivity contribution in [1.29, 1.82) is 0 Å². The van der Waals surface area contributed by atoms with E-state index >= 15 is 0 Å². The number of carbonyl (C=O) groups is 1. The second-order valence-corrected chi connectivity index (χ2v) is 5.33. The molecule has 100 valence electrons. The van der Waals surface area contributed by atoms with E-state index in [1.807, 2.05) is 6.92 Å². The average molecular weight is 250 g/mol. The molecule has 1 aromatic carbocycles. The average Bonchev–Trinajstić information content (AvgIpc) is 2.26. The van der Waals surface area contributed by atoms with Gasteiger partial charge in [-0.25, -0.2) is 4.79 Å². The van der Waals surface area contributed by atoms with Crippen LogP contribution in [0.4, 0.5) is 0 Å². The second-order valence-electron chi connectivity index (χ2n) is 5.33. The van der Waals surface area contributed by atoms with E-state index in [1.165, 1.54) is 0 Å². The standard InChI is InChI=1S/C15H22O3/c1-10(2)7-11(3)9-18-14-8-13(15(16)17)6-5-12(14)4/h5-6,8,10-11H,7,9H2,1-4H3,(H,16,17). The highest BCUT2D eigenvalue weighted by Crippen LogP contribution is 2.21. The molecule has 0 aliphatic heterocycles. The van der Waals surface area contributed by atoms with E-state index in [0.717, 1.165) is 12.0 Å². The van der Waals surface area contributed by atoms with Crippen molar-refractivity contribution < 1.29 is 14.6 Å². The maximum atomic E-state index is 10.9. The summed E-state index contributed by atoms with van der Waals surface area (Å²) in [5.41, 5.74) is 1.24. The number of aryl methyl sites for hydroxylation is 1. The molecule has 3 heteroatoms. The highest BCUT2D eigenvalue weighted by molar-refractivity contribution is 5.88. The maximum Gasteiger partial charge on any atom is 0.335 e. The Labute approximate surface area is 109 Å². The Morgan fingerprint density at radius 3 is 2.56 bits per heavy atom. The minimum Gasteiger partial charge on any atom is -0.493 e. The molecule has 1 aromatic rings. The zero-order valence-electron chi connectivity index (χ0n) is 11.6. The van der Waals surface area contributed by atoms with Crippen molar-refractivity contribution in [3.8, 4) is 5.75 Å². The van der Waals surface area contributed by atoms with Gasteiger partial charge in [0.2, 0.25) is 0 Å². The van der Waals surface area contributed by atoms with Crippen LogP contribution in [0.2, 0.25) is 0 Å². The van der Waals surface area contributed by atoms with Gasteiger partial charge in [-0.3, -0.25) is 0 Å². The lowest BCUT2D eigenvalue weighted by Crippen LogP contribution is -2.12. The van der Waals surface area contributed by atoms with E-state index in [0.29, 0.717) is 24.2 Å². The lowest BCUT2D eigenvalue weighted by atomic mass is 10.00. The third-order valence-corrected chi connectivity index (χ3v) is 2.83. The van der Waals surface area contributed by atoms with E-state index in [1.54, 1.807) is 18.2 Å².